The molecule has 0 unspecified atom stereocenters. The summed E-state index contributed by atoms with van der Waals surface area (Å²) in [5.74, 6) is 0. The van der Waals surface area contributed by atoms with Crippen molar-refractivity contribution >= 4 is 17.2 Å². The Bertz CT molecular complexity index is 1320. The topological polar surface area (TPSA) is 3.24 Å². The summed E-state index contributed by atoms with van der Waals surface area (Å²) in [6.45, 7) is 4.07. The second-order valence-electron chi connectivity index (χ2n) is 10.1. The van der Waals surface area contributed by atoms with E-state index >= 15 is 0 Å². The molecule has 37 heavy (non-hydrogen) atoms. The smallest absolute Gasteiger partial charge is 0.295 e. The average Bonchev–Trinajstić information content (AvgIpc) is 3.05. The lowest BCUT2D eigenvalue weighted by Crippen LogP contribution is -2.40. The highest BCUT2D eigenvalue weighted by Gasteiger charge is 2.31. The van der Waals surface area contributed by atoms with Gasteiger partial charge in [0.25, 0.3) is 0 Å². The molecule has 3 aromatic carbocycles. The Balaban J connectivity index is 1.53. The minimum absolute atomic E-state index is 0.274. The Kier molecular flexibility index (Phi) is 7.34. The molecule has 0 N–H and O–H groups in total. The van der Waals surface area contributed by atoms with Crippen LogP contribution in [-0.4, -0.2) is 31.2 Å². The number of hydrogen-bond acceptors (Lipinski definition) is 1. The summed E-state index contributed by atoms with van der Waals surface area (Å²) in [4.78, 5) is 2.24. The Hall–Kier alpha value is -3.18. The molecule has 1 aliphatic carbocycles. The molecular formula is C32H31F4N. The molecule has 2 aliphatic rings. The number of rotatable bonds is 6. The normalized spacial score (nSPS) is 16.3. The number of nitrogens with zero attached hydrogens (tertiary/aromatic N) is 1. The van der Waals surface area contributed by atoms with Crippen LogP contribution < -0.4 is 0 Å². The molecule has 1 fully saturated rings. The van der Waals surface area contributed by atoms with Gasteiger partial charge in [-0.2, -0.15) is 13.2 Å². The predicted octanol–water partition coefficient (Wildman–Crippen LogP) is 8.37. The molecule has 1 heterocycles. The number of halogens is 4. The van der Waals surface area contributed by atoms with Crippen molar-refractivity contribution < 1.29 is 17.6 Å². The number of aryl methyl sites for hydroxylation is 2. The summed E-state index contributed by atoms with van der Waals surface area (Å²) >= 11 is 0. The summed E-state index contributed by atoms with van der Waals surface area (Å²) in [6.07, 6.45) is 1.11. The van der Waals surface area contributed by atoms with Gasteiger partial charge in [-0.15, -0.1) is 0 Å². The molecule has 5 heteroatoms. The van der Waals surface area contributed by atoms with Crippen molar-refractivity contribution in [2.45, 2.75) is 38.8 Å². The van der Waals surface area contributed by atoms with Crippen LogP contribution in [0.3, 0.4) is 0 Å². The standard InChI is InChI=1S/C32H31F4N/c1-22-18-27(32(34,35)36)14-15-28(22)30-9-4-7-25-6-2-3-8-29(25)31(30)26-12-10-23(11-13-26)19-24-20-37(21-24)17-5-16-33/h2-3,6,8,10-15,18-19H,4-5,7,9,16-17,20-21H2,1H3. The van der Waals surface area contributed by atoms with Gasteiger partial charge in [-0.05, 0) is 94.8 Å². The summed E-state index contributed by atoms with van der Waals surface area (Å²) in [7, 11) is 0. The van der Waals surface area contributed by atoms with Gasteiger partial charge < -0.3 is 0 Å². The summed E-state index contributed by atoms with van der Waals surface area (Å²) < 4.78 is 52.4. The summed E-state index contributed by atoms with van der Waals surface area (Å²) in [5.41, 5.74) is 9.09. The highest BCUT2D eigenvalue weighted by Crippen LogP contribution is 2.42. The summed E-state index contributed by atoms with van der Waals surface area (Å²) in [5, 5.41) is 0. The fourth-order valence-corrected chi connectivity index (χ4v) is 5.55. The molecule has 3 aromatic rings. The second-order valence-corrected chi connectivity index (χ2v) is 10.1. The van der Waals surface area contributed by atoms with Gasteiger partial charge in [-0.25, -0.2) is 0 Å². The third-order valence-corrected chi connectivity index (χ3v) is 7.37. The highest BCUT2D eigenvalue weighted by atomic mass is 19.4. The molecule has 192 valence electrons. The van der Waals surface area contributed by atoms with E-state index in [2.05, 4.69) is 53.4 Å². The third-order valence-electron chi connectivity index (χ3n) is 7.37. The van der Waals surface area contributed by atoms with Crippen LogP contribution in [0.25, 0.3) is 17.2 Å². The number of alkyl halides is 4. The zero-order valence-corrected chi connectivity index (χ0v) is 21.0. The van der Waals surface area contributed by atoms with E-state index in [-0.39, 0.29) is 6.67 Å². The molecule has 0 amide bonds. The van der Waals surface area contributed by atoms with Gasteiger partial charge in [0, 0.05) is 19.6 Å². The lowest BCUT2D eigenvalue weighted by molar-refractivity contribution is -0.137. The molecular weight excluding hydrogens is 474 g/mol. The van der Waals surface area contributed by atoms with Crippen LogP contribution in [0.4, 0.5) is 17.6 Å². The van der Waals surface area contributed by atoms with Crippen molar-refractivity contribution in [2.24, 2.45) is 0 Å². The monoisotopic (exact) mass is 505 g/mol. The van der Waals surface area contributed by atoms with E-state index in [1.54, 1.807) is 13.0 Å². The van der Waals surface area contributed by atoms with Crippen molar-refractivity contribution in [1.82, 2.24) is 4.90 Å². The van der Waals surface area contributed by atoms with Crippen LogP contribution in [-0.2, 0) is 12.6 Å². The summed E-state index contributed by atoms with van der Waals surface area (Å²) in [6, 6.07) is 21.0. The quantitative estimate of drug-likeness (QED) is 0.304. The van der Waals surface area contributed by atoms with Crippen molar-refractivity contribution in [1.29, 1.82) is 0 Å². The van der Waals surface area contributed by atoms with E-state index in [0.29, 0.717) is 12.0 Å². The number of allylic oxidation sites excluding steroid dienone is 1. The van der Waals surface area contributed by atoms with E-state index in [9.17, 15) is 17.6 Å². The number of likely N-dealkylation sites (tertiary alicyclic amines) is 1. The van der Waals surface area contributed by atoms with Crippen LogP contribution in [0.15, 0.2) is 72.3 Å². The maximum atomic E-state index is 13.3. The Morgan fingerprint density at radius 3 is 2.35 bits per heavy atom. The zero-order chi connectivity index (χ0) is 26.0. The SMILES string of the molecule is Cc1cc(C(F)(F)F)ccc1C1=C(c2ccc(C=C3CN(CCCF)C3)cc2)c2ccccc2CCC1. The van der Waals surface area contributed by atoms with E-state index in [0.717, 1.165) is 72.3 Å². The van der Waals surface area contributed by atoms with Crippen LogP contribution in [0, 0.1) is 6.92 Å². The van der Waals surface area contributed by atoms with Crippen LogP contribution in [0.2, 0.25) is 0 Å². The van der Waals surface area contributed by atoms with Gasteiger partial charge in [0.2, 0.25) is 0 Å². The van der Waals surface area contributed by atoms with Crippen molar-refractivity contribution in [3.05, 3.63) is 111 Å². The Morgan fingerprint density at radius 2 is 1.65 bits per heavy atom. The minimum Gasteiger partial charge on any atom is -0.295 e. The Labute approximate surface area is 216 Å². The van der Waals surface area contributed by atoms with Gasteiger partial charge >= 0.3 is 6.18 Å². The average molecular weight is 506 g/mol. The van der Waals surface area contributed by atoms with E-state index in [1.807, 2.05) is 6.07 Å². The molecule has 0 atom stereocenters. The van der Waals surface area contributed by atoms with Gasteiger partial charge in [0.05, 0.1) is 12.2 Å². The van der Waals surface area contributed by atoms with Crippen molar-refractivity contribution in [2.75, 3.05) is 26.3 Å². The molecule has 0 spiro atoms. The van der Waals surface area contributed by atoms with Crippen LogP contribution in [0.1, 0.15) is 58.2 Å². The van der Waals surface area contributed by atoms with E-state index in [1.165, 1.54) is 23.3 Å². The van der Waals surface area contributed by atoms with E-state index in [4.69, 9.17) is 0 Å². The van der Waals surface area contributed by atoms with Crippen molar-refractivity contribution in [3.63, 3.8) is 0 Å². The molecule has 0 aromatic heterocycles. The van der Waals surface area contributed by atoms with Gasteiger partial charge in [-0.3, -0.25) is 9.29 Å². The maximum absolute atomic E-state index is 13.3. The van der Waals surface area contributed by atoms with Crippen molar-refractivity contribution in [3.8, 4) is 0 Å². The first-order valence-corrected chi connectivity index (χ1v) is 12.9. The Morgan fingerprint density at radius 1 is 0.892 bits per heavy atom. The van der Waals surface area contributed by atoms with E-state index < -0.39 is 11.7 Å². The van der Waals surface area contributed by atoms with Gasteiger partial charge in [0.1, 0.15) is 0 Å². The molecule has 5 rings (SSSR count). The van der Waals surface area contributed by atoms with Gasteiger partial charge in [0.15, 0.2) is 0 Å². The van der Waals surface area contributed by atoms with Gasteiger partial charge in [-0.1, -0.05) is 60.7 Å². The first-order valence-electron chi connectivity index (χ1n) is 12.9. The fraction of sp³-hybridized carbons (Fsp3) is 0.312. The first kappa shape index (κ1) is 25.5. The predicted molar refractivity (Wildman–Crippen MR) is 143 cm³/mol. The molecule has 1 saturated heterocycles. The highest BCUT2D eigenvalue weighted by molar-refractivity contribution is 6.00. The third kappa shape index (κ3) is 5.57. The lowest BCUT2D eigenvalue weighted by atomic mass is 9.86. The number of benzene rings is 3. The molecule has 1 nitrogen and oxygen atoms in total. The second kappa shape index (κ2) is 10.7. The van der Waals surface area contributed by atoms with Crippen LogP contribution in [0.5, 0.6) is 0 Å². The molecule has 0 bridgehead atoms. The van der Waals surface area contributed by atoms with Crippen LogP contribution >= 0.6 is 0 Å². The maximum Gasteiger partial charge on any atom is 0.416 e. The number of hydrogen-bond donors (Lipinski definition) is 0. The minimum atomic E-state index is -4.36. The fourth-order valence-electron chi connectivity index (χ4n) is 5.55. The largest absolute Gasteiger partial charge is 0.416 e. The molecule has 1 aliphatic heterocycles. The zero-order valence-electron chi connectivity index (χ0n) is 21.0. The molecule has 0 radical (unpaired) electrons. The lowest BCUT2D eigenvalue weighted by Gasteiger charge is -2.33. The first-order chi connectivity index (χ1) is 17.8. The molecule has 0 saturated carbocycles. The number of fused-ring (bicyclic) bond motifs is 1.